The van der Waals surface area contributed by atoms with E-state index in [9.17, 15) is 35.2 Å². The van der Waals surface area contributed by atoms with Crippen molar-refractivity contribution in [1.29, 1.82) is 0 Å². The Morgan fingerprint density at radius 1 is 1.03 bits per heavy atom. The molecule has 218 valence electrons. The van der Waals surface area contributed by atoms with Crippen LogP contribution in [0.3, 0.4) is 0 Å². The third-order valence-electron chi connectivity index (χ3n) is 4.94. The van der Waals surface area contributed by atoms with E-state index in [4.69, 9.17) is 4.74 Å². The van der Waals surface area contributed by atoms with Gasteiger partial charge < -0.3 is 9.47 Å². The van der Waals surface area contributed by atoms with Gasteiger partial charge in [0.2, 0.25) is 5.60 Å². The minimum atomic E-state index is -4.82. The lowest BCUT2D eigenvalue weighted by Gasteiger charge is -2.31. The van der Waals surface area contributed by atoms with Crippen LogP contribution in [0.25, 0.3) is 0 Å². The van der Waals surface area contributed by atoms with Gasteiger partial charge in [-0.05, 0) is 77.3 Å². The van der Waals surface area contributed by atoms with Crippen molar-refractivity contribution in [2.24, 2.45) is 0 Å². The molecule has 1 aliphatic heterocycles. The maximum Gasteiger partial charge on any atom is 0.427 e. The Hall–Kier alpha value is -2.78. The first-order valence-electron chi connectivity index (χ1n) is 11.4. The molecule has 2 aromatic carbocycles. The number of hydrogen-bond acceptors (Lipinski definition) is 7. The molecule has 0 saturated heterocycles. The number of hydrogen-bond donors (Lipinski definition) is 2. The highest BCUT2D eigenvalue weighted by Crippen LogP contribution is 2.38. The number of fused-ring (bicyclic) bond motifs is 1. The van der Waals surface area contributed by atoms with E-state index < -0.39 is 44.4 Å². The molecule has 39 heavy (non-hydrogen) atoms. The predicted octanol–water partition coefficient (Wildman–Crippen LogP) is 6.09. The predicted molar refractivity (Wildman–Crippen MR) is 139 cm³/mol. The third-order valence-corrected chi connectivity index (χ3v) is 7.57. The number of amides is 1. The quantitative estimate of drug-likeness (QED) is 0.317. The van der Waals surface area contributed by atoms with Crippen LogP contribution in [0.1, 0.15) is 34.6 Å². The number of rotatable bonds is 5. The summed E-state index contributed by atoms with van der Waals surface area (Å²) in [6.07, 6.45) is -4.20. The SMILES string of the molecule is CC(C)(OC(=O)Nc1ccc2c(c1)N(S(=O)(=O)c1ccc(F)c(F)c1)CCO2)C(F)(F)F.CSNC(C)(C)C. The minimum absolute atomic E-state index is 0.0511. The van der Waals surface area contributed by atoms with Gasteiger partial charge in [-0.15, -0.1) is 0 Å². The van der Waals surface area contributed by atoms with Crippen molar-refractivity contribution in [2.75, 3.05) is 29.0 Å². The summed E-state index contributed by atoms with van der Waals surface area (Å²) in [6.45, 7) is 7.52. The van der Waals surface area contributed by atoms with Crippen LogP contribution >= 0.6 is 11.9 Å². The average molecular weight is 600 g/mol. The Morgan fingerprint density at radius 2 is 1.67 bits per heavy atom. The first-order valence-corrected chi connectivity index (χ1v) is 14.1. The monoisotopic (exact) mass is 599 g/mol. The van der Waals surface area contributed by atoms with Crippen LogP contribution in [0, 0.1) is 11.6 Å². The number of nitrogens with one attached hydrogen (secondary N) is 2. The topological polar surface area (TPSA) is 97.0 Å². The van der Waals surface area contributed by atoms with Gasteiger partial charge in [-0.3, -0.25) is 14.3 Å². The smallest absolute Gasteiger partial charge is 0.427 e. The molecule has 2 aromatic rings. The van der Waals surface area contributed by atoms with Crippen LogP contribution in [-0.2, 0) is 14.8 Å². The summed E-state index contributed by atoms with van der Waals surface area (Å²) in [6, 6.07) is 5.80. The first kappa shape index (κ1) is 32.4. The first-order chi connectivity index (χ1) is 17.8. The second kappa shape index (κ2) is 12.2. The average Bonchev–Trinajstić information content (AvgIpc) is 2.78. The van der Waals surface area contributed by atoms with Gasteiger partial charge in [0.25, 0.3) is 10.0 Å². The number of alkyl halides is 3. The van der Waals surface area contributed by atoms with E-state index in [-0.39, 0.29) is 35.8 Å². The summed E-state index contributed by atoms with van der Waals surface area (Å²) in [5.41, 5.74) is -2.65. The third kappa shape index (κ3) is 8.60. The van der Waals surface area contributed by atoms with Crippen molar-refractivity contribution in [3.05, 3.63) is 48.0 Å². The van der Waals surface area contributed by atoms with Crippen molar-refractivity contribution in [2.45, 2.75) is 56.8 Å². The molecule has 0 spiro atoms. The molecule has 2 N–H and O–H groups in total. The summed E-state index contributed by atoms with van der Waals surface area (Å²) >= 11 is 1.66. The number of halogens is 5. The van der Waals surface area contributed by atoms with Crippen LogP contribution in [0.15, 0.2) is 41.3 Å². The maximum atomic E-state index is 13.6. The van der Waals surface area contributed by atoms with Gasteiger partial charge in [0.1, 0.15) is 12.4 Å². The normalized spacial score (nSPS) is 14.0. The molecule has 8 nitrogen and oxygen atoms in total. The Bertz CT molecular complexity index is 1280. The van der Waals surface area contributed by atoms with Crippen molar-refractivity contribution in [3.8, 4) is 5.75 Å². The van der Waals surface area contributed by atoms with Gasteiger partial charge in [0.05, 0.1) is 17.1 Å². The van der Waals surface area contributed by atoms with E-state index in [1.807, 2.05) is 6.26 Å². The number of carbonyl (C=O) groups is 1. The molecular weight excluding hydrogens is 569 g/mol. The van der Waals surface area contributed by atoms with Gasteiger partial charge in [-0.2, -0.15) is 13.2 Å². The molecule has 1 aliphatic rings. The second-order valence-corrected chi connectivity index (χ2v) is 12.2. The van der Waals surface area contributed by atoms with E-state index in [2.05, 4.69) is 35.5 Å². The largest absolute Gasteiger partial charge is 0.489 e. The highest BCUT2D eigenvalue weighted by atomic mass is 32.2. The number of carbonyl (C=O) groups excluding carboxylic acids is 1. The Morgan fingerprint density at radius 3 is 2.18 bits per heavy atom. The Labute approximate surface area is 228 Å². The highest BCUT2D eigenvalue weighted by molar-refractivity contribution is 7.96. The van der Waals surface area contributed by atoms with Crippen molar-refractivity contribution in [1.82, 2.24) is 4.72 Å². The van der Waals surface area contributed by atoms with Crippen LogP contribution < -0.4 is 19.1 Å². The van der Waals surface area contributed by atoms with E-state index in [0.717, 1.165) is 16.4 Å². The fraction of sp³-hybridized carbons (Fsp3) is 0.458. The minimum Gasteiger partial charge on any atom is -0.489 e. The van der Waals surface area contributed by atoms with Crippen LogP contribution in [0.4, 0.5) is 38.1 Å². The van der Waals surface area contributed by atoms with E-state index in [1.165, 1.54) is 12.1 Å². The molecule has 1 amide bonds. The van der Waals surface area contributed by atoms with Gasteiger partial charge in [-0.25, -0.2) is 22.0 Å². The van der Waals surface area contributed by atoms with Crippen molar-refractivity contribution >= 4 is 39.4 Å². The number of sulfonamides is 1. The number of nitrogens with zero attached hydrogens (tertiary/aromatic N) is 1. The Kier molecular flexibility index (Phi) is 10.1. The molecule has 0 fully saturated rings. The molecule has 0 radical (unpaired) electrons. The van der Waals surface area contributed by atoms with Crippen molar-refractivity contribution < 1.29 is 44.6 Å². The number of anilines is 2. The summed E-state index contributed by atoms with van der Waals surface area (Å²) in [5.74, 6) is -2.49. The van der Waals surface area contributed by atoms with Crippen LogP contribution in [-0.4, -0.2) is 51.2 Å². The lowest BCUT2D eigenvalue weighted by atomic mass is 10.1. The fourth-order valence-electron chi connectivity index (χ4n) is 3.02. The molecule has 0 bridgehead atoms. The summed E-state index contributed by atoms with van der Waals surface area (Å²) in [4.78, 5) is 11.4. The summed E-state index contributed by atoms with van der Waals surface area (Å²) in [7, 11) is -4.35. The van der Waals surface area contributed by atoms with Crippen molar-refractivity contribution in [3.63, 3.8) is 0 Å². The molecule has 0 aromatic heterocycles. The zero-order chi connectivity index (χ0) is 29.8. The van der Waals surface area contributed by atoms with Crippen LogP contribution in [0.2, 0.25) is 0 Å². The molecule has 3 rings (SSSR count). The molecule has 15 heteroatoms. The van der Waals surface area contributed by atoms with E-state index in [0.29, 0.717) is 26.0 Å². The molecule has 1 heterocycles. The number of ether oxygens (including phenoxy) is 2. The summed E-state index contributed by atoms with van der Waals surface area (Å²) < 4.78 is 105. The molecule has 0 aliphatic carbocycles. The molecule has 0 atom stereocenters. The van der Waals surface area contributed by atoms with E-state index >= 15 is 0 Å². The zero-order valence-electron chi connectivity index (χ0n) is 22.1. The molecule has 0 unspecified atom stereocenters. The van der Waals surface area contributed by atoms with Gasteiger partial charge in [-0.1, -0.05) is 11.9 Å². The lowest BCUT2D eigenvalue weighted by Crippen LogP contribution is -2.44. The lowest BCUT2D eigenvalue weighted by molar-refractivity contribution is -0.242. The molecule has 0 saturated carbocycles. The maximum absolute atomic E-state index is 13.6. The van der Waals surface area contributed by atoms with Gasteiger partial charge in [0.15, 0.2) is 11.6 Å². The zero-order valence-corrected chi connectivity index (χ0v) is 23.7. The van der Waals surface area contributed by atoms with E-state index in [1.54, 1.807) is 11.9 Å². The Balaban J connectivity index is 0.000000673. The summed E-state index contributed by atoms with van der Waals surface area (Å²) in [5, 5.41) is 2.10. The number of benzene rings is 2. The van der Waals surface area contributed by atoms with Crippen LogP contribution in [0.5, 0.6) is 5.75 Å². The highest BCUT2D eigenvalue weighted by Gasteiger charge is 2.51. The van der Waals surface area contributed by atoms with Gasteiger partial charge >= 0.3 is 12.3 Å². The molecular formula is C24H30F5N3O5S2. The fourth-order valence-corrected chi connectivity index (χ4v) is 5.10. The van der Waals surface area contributed by atoms with Gasteiger partial charge in [0, 0.05) is 11.2 Å². The standard InChI is InChI=1S/C19H17F5N2O5S.C5H13NS/c1-18(2,19(22,23)24)31-17(27)25-11-3-6-16-15(9-11)26(7-8-30-16)32(28,29)12-4-5-13(20)14(21)10-12;1-5(2,3)6-7-4/h3-6,9-10H,7-8H2,1-2H3,(H,25,27);6H,1-4H3. The second-order valence-electron chi connectivity index (χ2n) is 9.76.